The van der Waals surface area contributed by atoms with Gasteiger partial charge in [0.1, 0.15) is 5.76 Å². The van der Waals surface area contributed by atoms with Crippen molar-refractivity contribution in [1.82, 2.24) is 20.0 Å². The summed E-state index contributed by atoms with van der Waals surface area (Å²) in [5.41, 5.74) is 4.39. The molecule has 1 unspecified atom stereocenters. The lowest BCUT2D eigenvalue weighted by molar-refractivity contribution is -0.123. The smallest absolute Gasteiger partial charge is 0.234 e. The summed E-state index contributed by atoms with van der Waals surface area (Å²) in [6.07, 6.45) is 6.24. The number of amides is 1. The van der Waals surface area contributed by atoms with Crippen molar-refractivity contribution in [2.24, 2.45) is 0 Å². The molecule has 2 aromatic heterocycles. The average Bonchev–Trinajstić information content (AvgIpc) is 3.31. The van der Waals surface area contributed by atoms with Gasteiger partial charge in [0.25, 0.3) is 0 Å². The first kappa shape index (κ1) is 21.4. The Kier molecular flexibility index (Phi) is 6.87. The number of carbonyl (C=O) groups excluding carboxylic acids is 1. The number of nitrogens with zero attached hydrogens (tertiary/aromatic N) is 3. The van der Waals surface area contributed by atoms with E-state index in [0.717, 1.165) is 48.6 Å². The second-order valence-corrected chi connectivity index (χ2v) is 8.42. The first-order valence-electron chi connectivity index (χ1n) is 11.2. The molecule has 1 atom stereocenters. The zero-order chi connectivity index (χ0) is 21.6. The lowest BCUT2D eigenvalue weighted by atomic mass is 10.1. The fourth-order valence-corrected chi connectivity index (χ4v) is 4.49. The van der Waals surface area contributed by atoms with E-state index >= 15 is 0 Å². The predicted molar refractivity (Wildman–Crippen MR) is 121 cm³/mol. The predicted octanol–water partition coefficient (Wildman–Crippen LogP) is 4.37. The van der Waals surface area contributed by atoms with Crippen molar-refractivity contribution in [2.75, 3.05) is 13.1 Å². The van der Waals surface area contributed by atoms with Crippen molar-refractivity contribution in [1.29, 1.82) is 0 Å². The second-order valence-electron chi connectivity index (χ2n) is 8.42. The van der Waals surface area contributed by atoms with Crippen LogP contribution in [0.2, 0.25) is 0 Å². The Balaban J connectivity index is 1.38. The van der Waals surface area contributed by atoms with E-state index in [1.807, 2.05) is 41.9 Å². The summed E-state index contributed by atoms with van der Waals surface area (Å²) < 4.78 is 7.69. The number of aromatic nitrogens is 2. The summed E-state index contributed by atoms with van der Waals surface area (Å²) in [5, 5.41) is 7.83. The monoisotopic (exact) mass is 420 g/mol. The van der Waals surface area contributed by atoms with Crippen molar-refractivity contribution in [2.45, 2.75) is 58.7 Å². The first-order chi connectivity index (χ1) is 15.1. The van der Waals surface area contributed by atoms with Gasteiger partial charge in [0.2, 0.25) is 5.91 Å². The van der Waals surface area contributed by atoms with Gasteiger partial charge in [0.15, 0.2) is 0 Å². The van der Waals surface area contributed by atoms with Crippen molar-refractivity contribution in [3.63, 3.8) is 0 Å². The van der Waals surface area contributed by atoms with E-state index in [1.165, 1.54) is 18.4 Å². The van der Waals surface area contributed by atoms with Crippen LogP contribution in [0.5, 0.6) is 0 Å². The average molecular weight is 421 g/mol. The maximum atomic E-state index is 12.8. The summed E-state index contributed by atoms with van der Waals surface area (Å²) in [6.45, 7) is 6.64. The molecule has 1 amide bonds. The van der Waals surface area contributed by atoms with Gasteiger partial charge in [-0.1, -0.05) is 43.2 Å². The van der Waals surface area contributed by atoms with E-state index in [9.17, 15) is 4.79 Å². The van der Waals surface area contributed by atoms with Crippen LogP contribution in [0.25, 0.3) is 0 Å². The van der Waals surface area contributed by atoms with E-state index in [-0.39, 0.29) is 11.9 Å². The third-order valence-electron chi connectivity index (χ3n) is 6.25. The number of carbonyl (C=O) groups is 1. The van der Waals surface area contributed by atoms with Crippen LogP contribution in [0.4, 0.5) is 0 Å². The van der Waals surface area contributed by atoms with E-state index in [2.05, 4.69) is 29.3 Å². The number of hydrogen-bond donors (Lipinski definition) is 1. The van der Waals surface area contributed by atoms with Gasteiger partial charge in [-0.15, -0.1) is 0 Å². The van der Waals surface area contributed by atoms with Crippen LogP contribution >= 0.6 is 0 Å². The Hall–Kier alpha value is -2.86. The highest BCUT2D eigenvalue weighted by Gasteiger charge is 2.26. The molecule has 3 aromatic rings. The van der Waals surface area contributed by atoms with Crippen LogP contribution in [0, 0.1) is 13.8 Å². The molecule has 0 radical (unpaired) electrons. The van der Waals surface area contributed by atoms with E-state index in [4.69, 9.17) is 9.52 Å². The molecule has 0 aliphatic carbocycles. The Morgan fingerprint density at radius 2 is 1.97 bits per heavy atom. The number of benzene rings is 1. The van der Waals surface area contributed by atoms with Gasteiger partial charge in [-0.3, -0.25) is 14.4 Å². The third-order valence-corrected chi connectivity index (χ3v) is 6.25. The quantitative estimate of drug-likeness (QED) is 0.616. The number of aryl methyl sites for hydroxylation is 1. The molecule has 6 nitrogen and oxygen atoms in total. The highest BCUT2D eigenvalue weighted by molar-refractivity contribution is 5.78. The highest BCUT2D eigenvalue weighted by Crippen LogP contribution is 2.30. The molecule has 1 aliphatic heterocycles. The fourth-order valence-electron chi connectivity index (χ4n) is 4.49. The molecule has 1 fully saturated rings. The fraction of sp³-hybridized carbons (Fsp3) is 0.440. The van der Waals surface area contributed by atoms with Crippen molar-refractivity contribution in [3.05, 3.63) is 77.0 Å². The summed E-state index contributed by atoms with van der Waals surface area (Å²) >= 11 is 0. The van der Waals surface area contributed by atoms with Gasteiger partial charge in [-0.05, 0) is 50.9 Å². The Morgan fingerprint density at radius 3 is 2.74 bits per heavy atom. The van der Waals surface area contributed by atoms with Crippen LogP contribution in [-0.4, -0.2) is 33.7 Å². The molecular weight excluding hydrogens is 388 g/mol. The van der Waals surface area contributed by atoms with Crippen molar-refractivity contribution < 1.29 is 9.21 Å². The van der Waals surface area contributed by atoms with Crippen LogP contribution in [-0.2, 0) is 17.9 Å². The minimum absolute atomic E-state index is 0.0491. The van der Waals surface area contributed by atoms with Gasteiger partial charge < -0.3 is 9.73 Å². The minimum Gasteiger partial charge on any atom is -0.468 e. The summed E-state index contributed by atoms with van der Waals surface area (Å²) in [7, 11) is 0. The number of rotatable bonds is 7. The van der Waals surface area contributed by atoms with Gasteiger partial charge in [-0.25, -0.2) is 0 Å². The second kappa shape index (κ2) is 9.96. The topological polar surface area (TPSA) is 63.3 Å². The Labute approximate surface area is 184 Å². The lowest BCUT2D eigenvalue weighted by Crippen LogP contribution is -2.39. The third kappa shape index (κ3) is 5.25. The molecule has 1 saturated heterocycles. The number of likely N-dealkylation sites (tertiary alicyclic amines) is 1. The molecule has 31 heavy (non-hydrogen) atoms. The standard InChI is InChI=1S/C25H32N4O2/c1-19-22(20(2)29(27-19)17-21-10-5-3-6-11-21)16-26-25(30)18-28-14-8-4-7-12-23(28)24-13-9-15-31-24/h3,5-6,9-11,13,15,23H,4,7-8,12,14,16-18H2,1-2H3,(H,26,30). The zero-order valence-corrected chi connectivity index (χ0v) is 18.5. The van der Waals surface area contributed by atoms with E-state index in [1.54, 1.807) is 6.26 Å². The van der Waals surface area contributed by atoms with Gasteiger partial charge in [-0.2, -0.15) is 5.10 Å². The van der Waals surface area contributed by atoms with E-state index < -0.39 is 0 Å². The first-order valence-corrected chi connectivity index (χ1v) is 11.2. The summed E-state index contributed by atoms with van der Waals surface area (Å²) in [6, 6.07) is 14.4. The molecular formula is C25H32N4O2. The maximum absolute atomic E-state index is 12.8. The molecule has 0 saturated carbocycles. The molecule has 6 heteroatoms. The van der Waals surface area contributed by atoms with Crippen molar-refractivity contribution >= 4 is 5.91 Å². The SMILES string of the molecule is Cc1nn(Cc2ccccc2)c(C)c1CNC(=O)CN1CCCCCC1c1ccco1. The van der Waals surface area contributed by atoms with Crippen LogP contribution in [0.15, 0.2) is 53.1 Å². The molecule has 0 spiro atoms. The largest absolute Gasteiger partial charge is 0.468 e. The Morgan fingerprint density at radius 1 is 1.13 bits per heavy atom. The zero-order valence-electron chi connectivity index (χ0n) is 18.5. The van der Waals surface area contributed by atoms with Crippen LogP contribution in [0.3, 0.4) is 0 Å². The summed E-state index contributed by atoms with van der Waals surface area (Å²) in [4.78, 5) is 15.1. The van der Waals surface area contributed by atoms with Crippen molar-refractivity contribution in [3.8, 4) is 0 Å². The molecule has 3 heterocycles. The molecule has 4 rings (SSSR count). The number of hydrogen-bond acceptors (Lipinski definition) is 4. The van der Waals surface area contributed by atoms with Crippen LogP contribution in [0.1, 0.15) is 60.0 Å². The molecule has 164 valence electrons. The van der Waals surface area contributed by atoms with E-state index in [0.29, 0.717) is 13.1 Å². The maximum Gasteiger partial charge on any atom is 0.234 e. The Bertz CT molecular complexity index is 979. The number of furan rings is 1. The molecule has 1 aliphatic rings. The van der Waals surface area contributed by atoms with Gasteiger partial charge in [0, 0.05) is 17.8 Å². The molecule has 1 N–H and O–H groups in total. The number of nitrogens with one attached hydrogen (secondary N) is 1. The molecule has 1 aromatic carbocycles. The van der Waals surface area contributed by atoms with Gasteiger partial charge in [0.05, 0.1) is 31.1 Å². The van der Waals surface area contributed by atoms with Gasteiger partial charge >= 0.3 is 0 Å². The molecule has 0 bridgehead atoms. The van der Waals surface area contributed by atoms with Crippen LogP contribution < -0.4 is 5.32 Å². The summed E-state index contributed by atoms with van der Waals surface area (Å²) in [5.74, 6) is 1.01. The highest BCUT2D eigenvalue weighted by atomic mass is 16.3. The normalized spacial score (nSPS) is 17.4. The minimum atomic E-state index is 0.0491. The lowest BCUT2D eigenvalue weighted by Gasteiger charge is -2.27.